The Morgan fingerprint density at radius 1 is 1.00 bits per heavy atom. The van der Waals surface area contributed by atoms with Crippen LogP contribution in [0.4, 0.5) is 5.69 Å². The molecule has 0 spiro atoms. The Balaban J connectivity index is 2.60. The second kappa shape index (κ2) is 6.72. The smallest absolute Gasteiger partial charge is 0.264 e. The molecule has 0 atom stereocenters. The molecule has 2 rings (SSSR count). The molecule has 2 aromatic carbocycles. The molecule has 0 bridgehead atoms. The van der Waals surface area contributed by atoms with Crippen molar-refractivity contribution in [2.45, 2.75) is 25.7 Å². The maximum atomic E-state index is 13.0. The van der Waals surface area contributed by atoms with Crippen LogP contribution in [0.25, 0.3) is 0 Å². The maximum absolute atomic E-state index is 13.0. The van der Waals surface area contributed by atoms with Crippen molar-refractivity contribution in [3.05, 3.63) is 59.2 Å². The number of rotatable bonds is 5. The third-order valence-electron chi connectivity index (χ3n) is 3.51. The Bertz CT molecular complexity index is 829. The van der Waals surface area contributed by atoms with Crippen LogP contribution in [0, 0.1) is 20.8 Å². The normalized spacial score (nSPS) is 11.3. The number of hydrogen-bond acceptors (Lipinski definition) is 3. The van der Waals surface area contributed by atoms with Gasteiger partial charge >= 0.3 is 0 Å². The Kier molecular flexibility index (Phi) is 5.12. The second-order valence-corrected chi connectivity index (χ2v) is 7.75. The lowest BCUT2D eigenvalue weighted by molar-refractivity contribution is -0.110. The molecule has 0 saturated heterocycles. The standard InChI is InChI=1S/C17H18ClNO3S/c1-12-5-8-15(9-6-12)23(21,22)19(11-17(18)20)16-10-13(2)4-7-14(16)3/h4-10H,11H2,1-3H3. The van der Waals surface area contributed by atoms with Crippen LogP contribution < -0.4 is 4.31 Å². The third-order valence-corrected chi connectivity index (χ3v) is 5.40. The van der Waals surface area contributed by atoms with Crippen LogP contribution in [0.15, 0.2) is 47.4 Å². The van der Waals surface area contributed by atoms with Crippen LogP contribution in [-0.4, -0.2) is 20.2 Å². The summed E-state index contributed by atoms with van der Waals surface area (Å²) in [6.45, 7) is 5.12. The molecule has 0 amide bonds. The molecule has 0 N–H and O–H groups in total. The lowest BCUT2D eigenvalue weighted by Gasteiger charge is -2.25. The van der Waals surface area contributed by atoms with Crippen molar-refractivity contribution < 1.29 is 13.2 Å². The lowest BCUT2D eigenvalue weighted by Crippen LogP contribution is -2.35. The summed E-state index contributed by atoms with van der Waals surface area (Å²) in [4.78, 5) is 11.5. The van der Waals surface area contributed by atoms with Crippen molar-refractivity contribution in [3.63, 3.8) is 0 Å². The van der Waals surface area contributed by atoms with Gasteiger partial charge in [0.1, 0.15) is 6.54 Å². The van der Waals surface area contributed by atoms with Crippen molar-refractivity contribution in [3.8, 4) is 0 Å². The molecule has 122 valence electrons. The molecule has 0 heterocycles. The predicted octanol–water partition coefficient (Wildman–Crippen LogP) is 3.57. The van der Waals surface area contributed by atoms with Crippen LogP contribution in [0.1, 0.15) is 16.7 Å². The zero-order chi connectivity index (χ0) is 17.2. The predicted molar refractivity (Wildman–Crippen MR) is 92.5 cm³/mol. The van der Waals surface area contributed by atoms with Crippen LogP contribution in [0.5, 0.6) is 0 Å². The van der Waals surface area contributed by atoms with E-state index >= 15 is 0 Å². The number of carbonyl (C=O) groups is 1. The van der Waals surface area contributed by atoms with Gasteiger partial charge in [0, 0.05) is 0 Å². The van der Waals surface area contributed by atoms with Crippen molar-refractivity contribution in [1.29, 1.82) is 0 Å². The number of carbonyl (C=O) groups excluding carboxylic acids is 1. The van der Waals surface area contributed by atoms with E-state index < -0.39 is 21.8 Å². The average Bonchev–Trinajstić information content (AvgIpc) is 2.47. The minimum absolute atomic E-state index is 0.127. The number of halogens is 1. The summed E-state index contributed by atoms with van der Waals surface area (Å²) < 4.78 is 27.0. The Hall–Kier alpha value is -1.85. The summed E-state index contributed by atoms with van der Waals surface area (Å²) in [5.74, 6) is 0. The van der Waals surface area contributed by atoms with E-state index in [0.717, 1.165) is 21.0 Å². The average molecular weight is 352 g/mol. The zero-order valence-corrected chi connectivity index (χ0v) is 14.8. The largest absolute Gasteiger partial charge is 0.279 e. The van der Waals surface area contributed by atoms with E-state index in [0.29, 0.717) is 5.69 Å². The van der Waals surface area contributed by atoms with Crippen LogP contribution >= 0.6 is 11.6 Å². The number of nitrogens with zero attached hydrogens (tertiary/aromatic N) is 1. The third kappa shape index (κ3) is 3.92. The number of benzene rings is 2. The fourth-order valence-corrected chi connectivity index (χ4v) is 3.91. The van der Waals surface area contributed by atoms with Gasteiger partial charge in [-0.3, -0.25) is 9.10 Å². The van der Waals surface area contributed by atoms with Gasteiger partial charge in [0.15, 0.2) is 0 Å². The van der Waals surface area contributed by atoms with Crippen molar-refractivity contribution in [2.24, 2.45) is 0 Å². The fourth-order valence-electron chi connectivity index (χ4n) is 2.24. The Morgan fingerprint density at radius 3 is 2.13 bits per heavy atom. The highest BCUT2D eigenvalue weighted by Crippen LogP contribution is 2.28. The molecule has 23 heavy (non-hydrogen) atoms. The van der Waals surface area contributed by atoms with E-state index in [2.05, 4.69) is 0 Å². The first-order valence-corrected chi connectivity index (χ1v) is 8.88. The summed E-state index contributed by atoms with van der Waals surface area (Å²) in [5.41, 5.74) is 3.07. The van der Waals surface area contributed by atoms with Gasteiger partial charge in [-0.25, -0.2) is 8.42 Å². The molecule has 0 aliphatic heterocycles. The summed E-state index contributed by atoms with van der Waals surface area (Å²) in [5, 5.41) is -0.735. The maximum Gasteiger partial charge on any atom is 0.264 e. The minimum Gasteiger partial charge on any atom is -0.279 e. The quantitative estimate of drug-likeness (QED) is 0.774. The molecule has 0 aromatic heterocycles. The first-order chi connectivity index (χ1) is 10.7. The monoisotopic (exact) mass is 351 g/mol. The molecule has 0 aliphatic carbocycles. The summed E-state index contributed by atoms with van der Waals surface area (Å²) in [6, 6.07) is 11.9. The topological polar surface area (TPSA) is 54.5 Å². The number of sulfonamides is 1. The second-order valence-electron chi connectivity index (χ2n) is 5.47. The Morgan fingerprint density at radius 2 is 1.57 bits per heavy atom. The van der Waals surface area contributed by atoms with E-state index in [4.69, 9.17) is 11.6 Å². The Labute approximate surface area is 141 Å². The highest BCUT2D eigenvalue weighted by atomic mass is 35.5. The molecule has 0 aliphatic rings. The number of aryl methyl sites for hydroxylation is 3. The van der Waals surface area contributed by atoms with Crippen molar-refractivity contribution >= 4 is 32.6 Å². The van der Waals surface area contributed by atoms with Crippen LogP contribution in [0.3, 0.4) is 0 Å². The van der Waals surface area contributed by atoms with Gasteiger partial charge in [0.2, 0.25) is 5.24 Å². The molecular weight excluding hydrogens is 334 g/mol. The molecule has 2 aromatic rings. The van der Waals surface area contributed by atoms with Gasteiger partial charge in [-0.1, -0.05) is 29.8 Å². The molecular formula is C17H18ClNO3S. The lowest BCUT2D eigenvalue weighted by atomic mass is 10.1. The van der Waals surface area contributed by atoms with Gasteiger partial charge < -0.3 is 0 Å². The number of anilines is 1. The molecule has 6 heteroatoms. The van der Waals surface area contributed by atoms with Gasteiger partial charge in [0.25, 0.3) is 10.0 Å². The molecule has 0 saturated carbocycles. The highest BCUT2D eigenvalue weighted by molar-refractivity contribution is 7.92. The van der Waals surface area contributed by atoms with E-state index in [1.165, 1.54) is 12.1 Å². The van der Waals surface area contributed by atoms with E-state index in [1.807, 2.05) is 26.0 Å². The molecule has 0 fully saturated rings. The van der Waals surface area contributed by atoms with Gasteiger partial charge in [0.05, 0.1) is 10.6 Å². The van der Waals surface area contributed by atoms with E-state index in [-0.39, 0.29) is 4.90 Å². The molecule has 0 unspecified atom stereocenters. The SMILES string of the molecule is Cc1ccc(S(=O)(=O)N(CC(=O)Cl)c2cc(C)ccc2C)cc1. The van der Waals surface area contributed by atoms with Gasteiger partial charge in [-0.2, -0.15) is 0 Å². The highest BCUT2D eigenvalue weighted by Gasteiger charge is 2.27. The zero-order valence-electron chi connectivity index (χ0n) is 13.2. The van der Waals surface area contributed by atoms with E-state index in [1.54, 1.807) is 25.1 Å². The fraction of sp³-hybridized carbons (Fsp3) is 0.235. The summed E-state index contributed by atoms with van der Waals surface area (Å²) in [6.07, 6.45) is 0. The van der Waals surface area contributed by atoms with Crippen LogP contribution in [0.2, 0.25) is 0 Å². The van der Waals surface area contributed by atoms with Crippen LogP contribution in [-0.2, 0) is 14.8 Å². The summed E-state index contributed by atoms with van der Waals surface area (Å²) in [7, 11) is -3.88. The minimum atomic E-state index is -3.88. The van der Waals surface area contributed by atoms with Gasteiger partial charge in [-0.05, 0) is 61.7 Å². The first-order valence-electron chi connectivity index (χ1n) is 7.07. The first kappa shape index (κ1) is 17.5. The van der Waals surface area contributed by atoms with Crippen molar-refractivity contribution in [2.75, 3.05) is 10.8 Å². The van der Waals surface area contributed by atoms with E-state index in [9.17, 15) is 13.2 Å². The van der Waals surface area contributed by atoms with Gasteiger partial charge in [-0.15, -0.1) is 0 Å². The summed E-state index contributed by atoms with van der Waals surface area (Å²) >= 11 is 5.49. The number of hydrogen-bond donors (Lipinski definition) is 0. The van der Waals surface area contributed by atoms with Crippen molar-refractivity contribution in [1.82, 2.24) is 0 Å². The molecule has 0 radical (unpaired) electrons. The molecule has 4 nitrogen and oxygen atoms in total.